The van der Waals surface area contributed by atoms with Gasteiger partial charge in [0, 0.05) is 12.0 Å². The maximum absolute atomic E-state index is 11.8. The lowest BCUT2D eigenvalue weighted by Gasteiger charge is -2.09. The number of aryl methyl sites for hydroxylation is 1. The van der Waals surface area contributed by atoms with E-state index in [0.717, 1.165) is 5.56 Å². The Labute approximate surface area is 116 Å². The lowest BCUT2D eigenvalue weighted by atomic mass is 10.1. The van der Waals surface area contributed by atoms with Crippen molar-refractivity contribution >= 4 is 17.8 Å². The average molecular weight is 277 g/mol. The van der Waals surface area contributed by atoms with Crippen molar-refractivity contribution in [2.75, 3.05) is 13.2 Å². The fraction of sp³-hybridized carbons (Fsp3) is 0.357. The molecule has 1 heterocycles. The SMILES string of the molecule is Cc1ccc(C(=O)NCC(=O)O[C@@H]2CCOC2=O)cc1. The largest absolute Gasteiger partial charge is 0.463 e. The quantitative estimate of drug-likeness (QED) is 0.814. The molecular formula is C14H15NO5. The summed E-state index contributed by atoms with van der Waals surface area (Å²) in [5, 5.41) is 2.44. The molecule has 0 radical (unpaired) electrons. The van der Waals surface area contributed by atoms with Crippen LogP contribution in [0.15, 0.2) is 24.3 Å². The molecule has 0 bridgehead atoms. The van der Waals surface area contributed by atoms with Crippen LogP contribution in [0.5, 0.6) is 0 Å². The van der Waals surface area contributed by atoms with Gasteiger partial charge in [-0.15, -0.1) is 0 Å². The molecule has 1 amide bonds. The third-order valence-corrected chi connectivity index (χ3v) is 2.87. The summed E-state index contributed by atoms with van der Waals surface area (Å²) < 4.78 is 9.57. The van der Waals surface area contributed by atoms with Crippen molar-refractivity contribution in [3.8, 4) is 0 Å². The molecule has 0 saturated carbocycles. The summed E-state index contributed by atoms with van der Waals surface area (Å²) in [6.07, 6.45) is -0.491. The number of nitrogens with one attached hydrogen (secondary N) is 1. The number of esters is 2. The zero-order valence-corrected chi connectivity index (χ0v) is 11.0. The number of ether oxygens (including phenoxy) is 2. The third kappa shape index (κ3) is 3.57. The molecule has 1 fully saturated rings. The average Bonchev–Trinajstić information content (AvgIpc) is 2.82. The van der Waals surface area contributed by atoms with Crippen LogP contribution in [0.4, 0.5) is 0 Å². The van der Waals surface area contributed by atoms with E-state index in [1.165, 1.54) is 0 Å². The molecule has 1 aliphatic rings. The molecule has 20 heavy (non-hydrogen) atoms. The van der Waals surface area contributed by atoms with Crippen LogP contribution in [0.25, 0.3) is 0 Å². The Balaban J connectivity index is 1.79. The molecule has 6 nitrogen and oxygen atoms in total. The minimum Gasteiger partial charge on any atom is -0.463 e. The van der Waals surface area contributed by atoms with Gasteiger partial charge in [0.05, 0.1) is 6.61 Å². The van der Waals surface area contributed by atoms with Crippen molar-refractivity contribution in [2.45, 2.75) is 19.4 Å². The van der Waals surface area contributed by atoms with E-state index in [1.54, 1.807) is 12.1 Å². The number of benzene rings is 1. The lowest BCUT2D eigenvalue weighted by molar-refractivity contribution is -0.159. The van der Waals surface area contributed by atoms with E-state index < -0.39 is 18.0 Å². The van der Waals surface area contributed by atoms with E-state index in [0.29, 0.717) is 12.0 Å². The molecule has 1 aliphatic heterocycles. The molecule has 0 unspecified atom stereocenters. The van der Waals surface area contributed by atoms with Crippen LogP contribution in [0.3, 0.4) is 0 Å². The highest BCUT2D eigenvalue weighted by Gasteiger charge is 2.30. The first-order valence-corrected chi connectivity index (χ1v) is 6.27. The Morgan fingerprint density at radius 2 is 2.05 bits per heavy atom. The summed E-state index contributed by atoms with van der Waals surface area (Å²) in [4.78, 5) is 34.4. The van der Waals surface area contributed by atoms with Crippen molar-refractivity contribution in [2.24, 2.45) is 0 Å². The normalized spacial score (nSPS) is 17.4. The predicted octanol–water partition coefficient (Wildman–Crippen LogP) is 0.584. The number of carbonyl (C=O) groups excluding carboxylic acids is 3. The van der Waals surface area contributed by atoms with Crippen molar-refractivity contribution in [1.29, 1.82) is 0 Å². The van der Waals surface area contributed by atoms with Gasteiger partial charge >= 0.3 is 11.9 Å². The minimum absolute atomic E-state index is 0.256. The van der Waals surface area contributed by atoms with Crippen molar-refractivity contribution in [3.05, 3.63) is 35.4 Å². The Hall–Kier alpha value is -2.37. The predicted molar refractivity (Wildman–Crippen MR) is 69.0 cm³/mol. The Kier molecular flexibility index (Phi) is 4.34. The van der Waals surface area contributed by atoms with Gasteiger partial charge in [0.2, 0.25) is 6.10 Å². The van der Waals surface area contributed by atoms with Crippen LogP contribution in [0.2, 0.25) is 0 Å². The standard InChI is InChI=1S/C14H15NO5/c1-9-2-4-10(5-3-9)13(17)15-8-12(16)20-11-6-7-19-14(11)18/h2-5,11H,6-8H2,1H3,(H,15,17)/t11-/m1/s1. The van der Waals surface area contributed by atoms with Crippen LogP contribution >= 0.6 is 0 Å². The number of cyclic esters (lactones) is 1. The maximum Gasteiger partial charge on any atom is 0.347 e. The fourth-order valence-corrected chi connectivity index (χ4v) is 1.74. The Morgan fingerprint density at radius 1 is 1.35 bits per heavy atom. The van der Waals surface area contributed by atoms with Gasteiger partial charge in [-0.05, 0) is 19.1 Å². The first-order valence-electron chi connectivity index (χ1n) is 6.27. The summed E-state index contributed by atoms with van der Waals surface area (Å²) in [5.74, 6) is -1.56. The number of amides is 1. The van der Waals surface area contributed by atoms with E-state index in [1.807, 2.05) is 19.1 Å². The van der Waals surface area contributed by atoms with Gasteiger partial charge in [-0.3, -0.25) is 9.59 Å². The second-order valence-corrected chi connectivity index (χ2v) is 4.48. The monoisotopic (exact) mass is 277 g/mol. The van der Waals surface area contributed by atoms with Gasteiger partial charge in [0.25, 0.3) is 5.91 Å². The molecule has 0 aromatic heterocycles. The van der Waals surface area contributed by atoms with Gasteiger partial charge in [-0.1, -0.05) is 17.7 Å². The van der Waals surface area contributed by atoms with Crippen LogP contribution in [-0.4, -0.2) is 37.1 Å². The van der Waals surface area contributed by atoms with Gasteiger partial charge in [0.1, 0.15) is 6.54 Å². The van der Waals surface area contributed by atoms with Gasteiger partial charge in [-0.25, -0.2) is 4.79 Å². The second kappa shape index (κ2) is 6.18. The molecule has 2 rings (SSSR count). The summed E-state index contributed by atoms with van der Waals surface area (Å²) in [6.45, 7) is 1.89. The molecule has 6 heteroatoms. The van der Waals surface area contributed by atoms with Gasteiger partial charge in [-0.2, -0.15) is 0 Å². The Bertz CT molecular complexity index is 523. The lowest BCUT2D eigenvalue weighted by Crippen LogP contribution is -2.33. The van der Waals surface area contributed by atoms with Crippen LogP contribution in [0.1, 0.15) is 22.3 Å². The molecule has 1 atom stereocenters. The highest BCUT2D eigenvalue weighted by molar-refractivity contribution is 5.96. The van der Waals surface area contributed by atoms with Crippen LogP contribution in [-0.2, 0) is 19.1 Å². The maximum atomic E-state index is 11.8. The number of carbonyl (C=O) groups is 3. The number of rotatable bonds is 4. The number of hydrogen-bond donors (Lipinski definition) is 1. The second-order valence-electron chi connectivity index (χ2n) is 4.48. The fourth-order valence-electron chi connectivity index (χ4n) is 1.74. The first kappa shape index (κ1) is 14.0. The van der Waals surface area contributed by atoms with Crippen molar-refractivity contribution < 1.29 is 23.9 Å². The molecule has 0 aliphatic carbocycles. The molecule has 1 saturated heterocycles. The smallest absolute Gasteiger partial charge is 0.347 e. The zero-order valence-electron chi connectivity index (χ0n) is 11.0. The molecule has 0 spiro atoms. The third-order valence-electron chi connectivity index (χ3n) is 2.87. The summed E-state index contributed by atoms with van der Waals surface area (Å²) in [7, 11) is 0. The van der Waals surface area contributed by atoms with Crippen LogP contribution in [0, 0.1) is 6.92 Å². The van der Waals surface area contributed by atoms with Crippen molar-refractivity contribution in [1.82, 2.24) is 5.32 Å². The molecule has 106 valence electrons. The van der Waals surface area contributed by atoms with Crippen molar-refractivity contribution in [3.63, 3.8) is 0 Å². The van der Waals surface area contributed by atoms with E-state index in [-0.39, 0.29) is 19.1 Å². The first-order chi connectivity index (χ1) is 9.56. The summed E-state index contributed by atoms with van der Waals surface area (Å²) in [6, 6.07) is 6.96. The number of hydrogen-bond acceptors (Lipinski definition) is 5. The van der Waals surface area contributed by atoms with E-state index in [9.17, 15) is 14.4 Å². The summed E-state index contributed by atoms with van der Waals surface area (Å²) in [5.41, 5.74) is 1.50. The van der Waals surface area contributed by atoms with Crippen LogP contribution < -0.4 is 5.32 Å². The van der Waals surface area contributed by atoms with Gasteiger partial charge < -0.3 is 14.8 Å². The highest BCUT2D eigenvalue weighted by atomic mass is 16.6. The molecule has 1 N–H and O–H groups in total. The molecule has 1 aromatic carbocycles. The minimum atomic E-state index is -0.848. The van der Waals surface area contributed by atoms with E-state index >= 15 is 0 Å². The van der Waals surface area contributed by atoms with Gasteiger partial charge in [0.15, 0.2) is 0 Å². The molecule has 1 aromatic rings. The topological polar surface area (TPSA) is 81.7 Å². The molecular weight excluding hydrogens is 262 g/mol. The zero-order chi connectivity index (χ0) is 14.5. The highest BCUT2D eigenvalue weighted by Crippen LogP contribution is 2.10. The Morgan fingerprint density at radius 3 is 2.65 bits per heavy atom. The summed E-state index contributed by atoms with van der Waals surface area (Å²) >= 11 is 0. The van der Waals surface area contributed by atoms with E-state index in [4.69, 9.17) is 4.74 Å². The van der Waals surface area contributed by atoms with E-state index in [2.05, 4.69) is 10.1 Å².